The number of hydrogen-bond acceptors (Lipinski definition) is 3. The summed E-state index contributed by atoms with van der Waals surface area (Å²) in [6.45, 7) is 1.88. The third-order valence-electron chi connectivity index (χ3n) is 3.96. The van der Waals surface area contributed by atoms with E-state index in [1.807, 2.05) is 30.3 Å². The highest BCUT2D eigenvalue weighted by atomic mass is 16.3. The van der Waals surface area contributed by atoms with E-state index in [2.05, 4.69) is 16.9 Å². The van der Waals surface area contributed by atoms with Crippen LogP contribution in [0.25, 0.3) is 10.9 Å². The van der Waals surface area contributed by atoms with Crippen LogP contribution in [0.1, 0.15) is 18.4 Å². The summed E-state index contributed by atoms with van der Waals surface area (Å²) in [4.78, 5) is 6.62. The molecule has 1 aliphatic heterocycles. The van der Waals surface area contributed by atoms with E-state index in [4.69, 9.17) is 0 Å². The van der Waals surface area contributed by atoms with E-state index in [1.165, 1.54) is 0 Å². The van der Waals surface area contributed by atoms with Crippen LogP contribution in [0.4, 0.5) is 0 Å². The van der Waals surface area contributed by atoms with Gasteiger partial charge in [0.15, 0.2) is 0 Å². The molecular formula is C15H18N2O. The Morgan fingerprint density at radius 3 is 2.72 bits per heavy atom. The van der Waals surface area contributed by atoms with Crippen molar-refractivity contribution in [2.45, 2.75) is 18.4 Å². The predicted molar refractivity (Wildman–Crippen MR) is 72.4 cm³/mol. The van der Waals surface area contributed by atoms with E-state index >= 15 is 0 Å². The van der Waals surface area contributed by atoms with Gasteiger partial charge in [-0.2, -0.15) is 0 Å². The summed E-state index contributed by atoms with van der Waals surface area (Å²) < 4.78 is 0. The van der Waals surface area contributed by atoms with Crippen LogP contribution in [0.2, 0.25) is 0 Å². The highest BCUT2D eigenvalue weighted by Gasteiger charge is 2.34. The van der Waals surface area contributed by atoms with Gasteiger partial charge in [-0.25, -0.2) is 0 Å². The van der Waals surface area contributed by atoms with Crippen LogP contribution in [0.15, 0.2) is 36.5 Å². The number of rotatable bonds is 1. The smallest absolute Gasteiger partial charge is 0.0927 e. The molecule has 0 atom stereocenters. The van der Waals surface area contributed by atoms with Crippen molar-refractivity contribution in [1.82, 2.24) is 9.88 Å². The van der Waals surface area contributed by atoms with Crippen molar-refractivity contribution in [2.75, 3.05) is 20.1 Å². The summed E-state index contributed by atoms with van der Waals surface area (Å²) in [5.41, 5.74) is 1.29. The molecule has 3 rings (SSSR count). The zero-order chi connectivity index (χ0) is 12.6. The Kier molecular flexibility index (Phi) is 2.80. The van der Waals surface area contributed by atoms with Gasteiger partial charge >= 0.3 is 0 Å². The Hall–Kier alpha value is -1.45. The minimum Gasteiger partial charge on any atom is -0.385 e. The summed E-state index contributed by atoms with van der Waals surface area (Å²) in [7, 11) is 2.10. The van der Waals surface area contributed by atoms with Crippen molar-refractivity contribution in [1.29, 1.82) is 0 Å². The molecule has 2 heterocycles. The fourth-order valence-electron chi connectivity index (χ4n) is 2.77. The number of fused-ring (bicyclic) bond motifs is 1. The topological polar surface area (TPSA) is 36.4 Å². The molecule has 3 heteroatoms. The Morgan fingerprint density at radius 1 is 1.17 bits per heavy atom. The molecule has 1 aromatic heterocycles. The first kappa shape index (κ1) is 11.6. The minimum absolute atomic E-state index is 0.699. The fraction of sp³-hybridized carbons (Fsp3) is 0.400. The monoisotopic (exact) mass is 242 g/mol. The average Bonchev–Trinajstić information content (AvgIpc) is 2.42. The quantitative estimate of drug-likeness (QED) is 0.832. The number of piperidine rings is 1. The molecule has 0 radical (unpaired) electrons. The van der Waals surface area contributed by atoms with E-state index in [9.17, 15) is 5.11 Å². The molecule has 0 bridgehead atoms. The lowest BCUT2D eigenvalue weighted by atomic mass is 9.82. The first-order valence-corrected chi connectivity index (χ1v) is 6.44. The molecule has 2 aromatic rings. The molecular weight excluding hydrogens is 224 g/mol. The number of aromatic nitrogens is 1. The summed E-state index contributed by atoms with van der Waals surface area (Å²) in [6.07, 6.45) is 3.37. The molecule has 1 N–H and O–H groups in total. The zero-order valence-corrected chi connectivity index (χ0v) is 10.6. The SMILES string of the molecule is CN1CCC(O)(c2cccc3ncccc23)CC1. The standard InChI is InChI=1S/C15H18N2O/c1-17-10-7-15(18,8-11-17)13-5-2-6-14-12(13)4-3-9-16-14/h2-6,9,18H,7-8,10-11H2,1H3. The molecule has 0 saturated carbocycles. The number of hydrogen-bond donors (Lipinski definition) is 1. The second kappa shape index (κ2) is 4.34. The van der Waals surface area contributed by atoms with Gasteiger partial charge in [0.05, 0.1) is 11.1 Å². The number of likely N-dealkylation sites (tertiary alicyclic amines) is 1. The third-order valence-corrected chi connectivity index (χ3v) is 3.96. The predicted octanol–water partition coefficient (Wildman–Crippen LogP) is 2.15. The summed E-state index contributed by atoms with van der Waals surface area (Å²) >= 11 is 0. The lowest BCUT2D eigenvalue weighted by Crippen LogP contribution is -2.40. The lowest BCUT2D eigenvalue weighted by Gasteiger charge is -2.37. The van der Waals surface area contributed by atoms with Crippen LogP contribution in [-0.2, 0) is 5.60 Å². The number of aliphatic hydroxyl groups is 1. The number of nitrogens with zero attached hydrogens (tertiary/aromatic N) is 2. The van der Waals surface area contributed by atoms with Gasteiger partial charge in [0, 0.05) is 24.7 Å². The van der Waals surface area contributed by atoms with Gasteiger partial charge < -0.3 is 10.0 Å². The minimum atomic E-state index is -0.699. The van der Waals surface area contributed by atoms with Crippen molar-refractivity contribution in [3.63, 3.8) is 0 Å². The number of benzene rings is 1. The van der Waals surface area contributed by atoms with Crippen molar-refractivity contribution in [3.05, 3.63) is 42.1 Å². The normalized spacial score (nSPS) is 20.1. The molecule has 94 valence electrons. The fourth-order valence-corrected chi connectivity index (χ4v) is 2.77. The molecule has 1 aliphatic rings. The molecule has 0 spiro atoms. The van der Waals surface area contributed by atoms with Gasteiger partial charge in [0.1, 0.15) is 0 Å². The summed E-state index contributed by atoms with van der Waals surface area (Å²) in [5.74, 6) is 0. The Labute approximate surface area is 107 Å². The molecule has 0 unspecified atom stereocenters. The van der Waals surface area contributed by atoms with Gasteiger partial charge in [0.25, 0.3) is 0 Å². The van der Waals surface area contributed by atoms with Crippen LogP contribution in [0.5, 0.6) is 0 Å². The summed E-state index contributed by atoms with van der Waals surface area (Å²) in [5, 5.41) is 12.0. The van der Waals surface area contributed by atoms with Crippen molar-refractivity contribution in [3.8, 4) is 0 Å². The van der Waals surface area contributed by atoms with E-state index < -0.39 is 5.60 Å². The van der Waals surface area contributed by atoms with Crippen LogP contribution in [-0.4, -0.2) is 35.1 Å². The average molecular weight is 242 g/mol. The largest absolute Gasteiger partial charge is 0.385 e. The molecule has 0 aliphatic carbocycles. The Bertz CT molecular complexity index is 554. The lowest BCUT2D eigenvalue weighted by molar-refractivity contribution is -0.0190. The van der Waals surface area contributed by atoms with Gasteiger partial charge in [-0.3, -0.25) is 4.98 Å². The highest BCUT2D eigenvalue weighted by Crippen LogP contribution is 2.35. The molecule has 3 nitrogen and oxygen atoms in total. The van der Waals surface area contributed by atoms with Crippen LogP contribution < -0.4 is 0 Å². The van der Waals surface area contributed by atoms with E-state index in [0.717, 1.165) is 42.4 Å². The van der Waals surface area contributed by atoms with E-state index in [1.54, 1.807) is 6.20 Å². The van der Waals surface area contributed by atoms with Crippen LogP contribution in [0.3, 0.4) is 0 Å². The van der Waals surface area contributed by atoms with Gasteiger partial charge in [0.2, 0.25) is 0 Å². The van der Waals surface area contributed by atoms with Crippen molar-refractivity contribution in [2.24, 2.45) is 0 Å². The van der Waals surface area contributed by atoms with Crippen molar-refractivity contribution >= 4 is 10.9 Å². The van der Waals surface area contributed by atoms with Gasteiger partial charge in [-0.05, 0) is 37.6 Å². The molecule has 0 amide bonds. The molecule has 1 aromatic carbocycles. The molecule has 18 heavy (non-hydrogen) atoms. The Morgan fingerprint density at radius 2 is 1.94 bits per heavy atom. The molecule has 1 fully saturated rings. The second-order valence-corrected chi connectivity index (χ2v) is 5.21. The third kappa shape index (κ3) is 1.89. The Balaban J connectivity index is 2.08. The van der Waals surface area contributed by atoms with E-state index in [0.29, 0.717) is 0 Å². The zero-order valence-electron chi connectivity index (χ0n) is 10.6. The number of pyridine rings is 1. The second-order valence-electron chi connectivity index (χ2n) is 5.21. The first-order chi connectivity index (χ1) is 8.69. The first-order valence-electron chi connectivity index (χ1n) is 6.44. The van der Waals surface area contributed by atoms with Crippen LogP contribution in [0, 0.1) is 0 Å². The van der Waals surface area contributed by atoms with Crippen LogP contribution >= 0.6 is 0 Å². The maximum atomic E-state index is 10.9. The van der Waals surface area contributed by atoms with E-state index in [-0.39, 0.29) is 0 Å². The van der Waals surface area contributed by atoms with Crippen molar-refractivity contribution < 1.29 is 5.11 Å². The van der Waals surface area contributed by atoms with Gasteiger partial charge in [-0.15, -0.1) is 0 Å². The maximum absolute atomic E-state index is 10.9. The summed E-state index contributed by atoms with van der Waals surface area (Å²) in [6, 6.07) is 10.0. The molecule has 1 saturated heterocycles. The maximum Gasteiger partial charge on any atom is 0.0927 e. The van der Waals surface area contributed by atoms with Gasteiger partial charge in [-0.1, -0.05) is 18.2 Å². The highest BCUT2D eigenvalue weighted by molar-refractivity contribution is 5.82.